The van der Waals surface area contributed by atoms with Gasteiger partial charge in [-0.25, -0.2) is 9.97 Å². The van der Waals surface area contributed by atoms with Crippen molar-refractivity contribution < 1.29 is 0 Å². The summed E-state index contributed by atoms with van der Waals surface area (Å²) in [7, 11) is 0. The number of rotatable bonds is 5. The predicted molar refractivity (Wildman–Crippen MR) is 75.9 cm³/mol. The van der Waals surface area contributed by atoms with E-state index < -0.39 is 0 Å². The lowest BCUT2D eigenvalue weighted by Gasteiger charge is -2.19. The standard InChI is InChI=1S/C14H20ClN3/c1-4-10(2)8-11(3)18-13(9-15)17-12-6-5-7-16-14(12)18/h5-7,10-11H,4,8-9H2,1-3H3. The molecule has 98 valence electrons. The van der Waals surface area contributed by atoms with E-state index in [2.05, 4.69) is 35.3 Å². The Kier molecular flexibility index (Phi) is 4.23. The second-order valence-electron chi connectivity index (χ2n) is 4.98. The lowest BCUT2D eigenvalue weighted by Crippen LogP contribution is -2.12. The number of halogens is 1. The first-order valence-electron chi connectivity index (χ1n) is 6.55. The van der Waals surface area contributed by atoms with Crippen molar-refractivity contribution in [3.63, 3.8) is 0 Å². The third-order valence-corrected chi connectivity index (χ3v) is 3.76. The topological polar surface area (TPSA) is 30.7 Å². The molecule has 2 heterocycles. The summed E-state index contributed by atoms with van der Waals surface area (Å²) in [6.45, 7) is 6.73. The maximum absolute atomic E-state index is 6.01. The largest absolute Gasteiger partial charge is 0.309 e. The fourth-order valence-corrected chi connectivity index (χ4v) is 2.58. The van der Waals surface area contributed by atoms with Crippen molar-refractivity contribution in [1.29, 1.82) is 0 Å². The van der Waals surface area contributed by atoms with Crippen LogP contribution in [0.4, 0.5) is 0 Å². The maximum atomic E-state index is 6.01. The van der Waals surface area contributed by atoms with Crippen LogP contribution in [0, 0.1) is 5.92 Å². The van der Waals surface area contributed by atoms with E-state index in [0.29, 0.717) is 17.8 Å². The highest BCUT2D eigenvalue weighted by Crippen LogP contribution is 2.26. The molecule has 0 spiro atoms. The van der Waals surface area contributed by atoms with E-state index in [1.54, 1.807) is 0 Å². The highest BCUT2D eigenvalue weighted by molar-refractivity contribution is 6.16. The lowest BCUT2D eigenvalue weighted by molar-refractivity contribution is 0.398. The van der Waals surface area contributed by atoms with Crippen molar-refractivity contribution in [2.24, 2.45) is 5.92 Å². The number of nitrogens with zero attached hydrogens (tertiary/aromatic N) is 3. The molecule has 4 heteroatoms. The smallest absolute Gasteiger partial charge is 0.160 e. The van der Waals surface area contributed by atoms with Gasteiger partial charge in [-0.2, -0.15) is 0 Å². The van der Waals surface area contributed by atoms with Gasteiger partial charge in [-0.15, -0.1) is 11.6 Å². The van der Waals surface area contributed by atoms with Crippen LogP contribution >= 0.6 is 11.6 Å². The van der Waals surface area contributed by atoms with Gasteiger partial charge in [0.05, 0.1) is 5.88 Å². The summed E-state index contributed by atoms with van der Waals surface area (Å²) in [4.78, 5) is 9.00. The second-order valence-corrected chi connectivity index (χ2v) is 5.24. The molecule has 0 N–H and O–H groups in total. The first kappa shape index (κ1) is 13.3. The van der Waals surface area contributed by atoms with Crippen LogP contribution in [-0.4, -0.2) is 14.5 Å². The minimum atomic E-state index is 0.383. The Labute approximate surface area is 113 Å². The summed E-state index contributed by atoms with van der Waals surface area (Å²) in [5, 5.41) is 0. The summed E-state index contributed by atoms with van der Waals surface area (Å²) in [6.07, 6.45) is 4.14. The quantitative estimate of drug-likeness (QED) is 0.760. The van der Waals surface area contributed by atoms with E-state index in [1.807, 2.05) is 18.3 Å². The van der Waals surface area contributed by atoms with Crippen LogP contribution in [0.2, 0.25) is 0 Å². The second kappa shape index (κ2) is 5.70. The monoisotopic (exact) mass is 265 g/mol. The summed E-state index contributed by atoms with van der Waals surface area (Å²) in [5.74, 6) is 2.05. The maximum Gasteiger partial charge on any atom is 0.160 e. The molecule has 3 nitrogen and oxygen atoms in total. The van der Waals surface area contributed by atoms with Crippen molar-refractivity contribution in [2.45, 2.75) is 45.5 Å². The van der Waals surface area contributed by atoms with Gasteiger partial charge in [0.15, 0.2) is 5.65 Å². The fourth-order valence-electron chi connectivity index (χ4n) is 2.39. The van der Waals surface area contributed by atoms with Crippen LogP contribution in [0.25, 0.3) is 11.2 Å². The molecule has 0 aliphatic heterocycles. The number of fused-ring (bicyclic) bond motifs is 1. The molecule has 18 heavy (non-hydrogen) atoms. The molecular formula is C14H20ClN3. The number of imidazole rings is 1. The molecule has 0 aliphatic rings. The highest BCUT2D eigenvalue weighted by Gasteiger charge is 2.17. The Bertz CT molecular complexity index is 521. The molecule has 0 amide bonds. The number of aromatic nitrogens is 3. The Morgan fingerprint density at radius 3 is 2.83 bits per heavy atom. The van der Waals surface area contributed by atoms with Crippen molar-refractivity contribution in [3.8, 4) is 0 Å². The zero-order valence-corrected chi connectivity index (χ0v) is 12.0. The fraction of sp³-hybridized carbons (Fsp3) is 0.571. The first-order valence-corrected chi connectivity index (χ1v) is 7.08. The zero-order chi connectivity index (χ0) is 13.1. The highest BCUT2D eigenvalue weighted by atomic mass is 35.5. The van der Waals surface area contributed by atoms with Crippen LogP contribution in [0.3, 0.4) is 0 Å². The first-order chi connectivity index (χ1) is 8.67. The Hall–Kier alpha value is -1.09. The molecule has 2 atom stereocenters. The Morgan fingerprint density at radius 2 is 2.17 bits per heavy atom. The average molecular weight is 266 g/mol. The molecule has 0 saturated heterocycles. The van der Waals surface area contributed by atoms with E-state index in [9.17, 15) is 0 Å². The molecule has 0 radical (unpaired) electrons. The van der Waals surface area contributed by atoms with Gasteiger partial charge in [0, 0.05) is 12.2 Å². The van der Waals surface area contributed by atoms with Gasteiger partial charge in [-0.1, -0.05) is 20.3 Å². The van der Waals surface area contributed by atoms with Crippen LogP contribution in [0.5, 0.6) is 0 Å². The third-order valence-electron chi connectivity index (χ3n) is 3.52. The van der Waals surface area contributed by atoms with E-state index in [-0.39, 0.29) is 0 Å². The van der Waals surface area contributed by atoms with Crippen molar-refractivity contribution in [1.82, 2.24) is 14.5 Å². The zero-order valence-electron chi connectivity index (χ0n) is 11.2. The average Bonchev–Trinajstić information content (AvgIpc) is 2.76. The third kappa shape index (κ3) is 2.51. The van der Waals surface area contributed by atoms with Crippen LogP contribution in [0.15, 0.2) is 18.3 Å². The minimum Gasteiger partial charge on any atom is -0.309 e. The van der Waals surface area contributed by atoms with Crippen molar-refractivity contribution in [3.05, 3.63) is 24.2 Å². The van der Waals surface area contributed by atoms with E-state index in [1.165, 1.54) is 6.42 Å². The summed E-state index contributed by atoms with van der Waals surface area (Å²) in [6, 6.07) is 4.29. The predicted octanol–water partition coefficient (Wildman–Crippen LogP) is 4.17. The van der Waals surface area contributed by atoms with Gasteiger partial charge in [-0.05, 0) is 31.4 Å². The van der Waals surface area contributed by atoms with Gasteiger partial charge in [0.1, 0.15) is 11.3 Å². The van der Waals surface area contributed by atoms with Gasteiger partial charge >= 0.3 is 0 Å². The molecule has 2 rings (SSSR count). The van der Waals surface area contributed by atoms with Crippen molar-refractivity contribution >= 4 is 22.8 Å². The molecular weight excluding hydrogens is 246 g/mol. The van der Waals surface area contributed by atoms with E-state index >= 15 is 0 Å². The lowest BCUT2D eigenvalue weighted by atomic mass is 10.0. The number of pyridine rings is 1. The van der Waals surface area contributed by atoms with Gasteiger partial charge in [0.2, 0.25) is 0 Å². The molecule has 2 aromatic heterocycles. The molecule has 0 saturated carbocycles. The SMILES string of the molecule is CCC(C)CC(C)n1c(CCl)nc2cccnc21. The van der Waals surface area contributed by atoms with Crippen LogP contribution in [0.1, 0.15) is 45.5 Å². The molecule has 2 unspecified atom stereocenters. The molecule has 0 aliphatic carbocycles. The van der Waals surface area contributed by atoms with Gasteiger partial charge < -0.3 is 4.57 Å². The van der Waals surface area contributed by atoms with Crippen LogP contribution in [-0.2, 0) is 5.88 Å². The normalized spacial score (nSPS) is 14.9. The molecule has 0 bridgehead atoms. The van der Waals surface area contributed by atoms with Crippen LogP contribution < -0.4 is 0 Å². The minimum absolute atomic E-state index is 0.383. The van der Waals surface area contributed by atoms with E-state index in [0.717, 1.165) is 23.4 Å². The van der Waals surface area contributed by atoms with Crippen molar-refractivity contribution in [2.75, 3.05) is 0 Å². The molecule has 0 aromatic carbocycles. The summed E-state index contributed by atoms with van der Waals surface area (Å²) >= 11 is 6.01. The Morgan fingerprint density at radius 1 is 1.39 bits per heavy atom. The van der Waals surface area contributed by atoms with Gasteiger partial charge in [-0.3, -0.25) is 0 Å². The summed E-state index contributed by atoms with van der Waals surface area (Å²) < 4.78 is 2.19. The summed E-state index contributed by atoms with van der Waals surface area (Å²) in [5.41, 5.74) is 1.88. The number of hydrogen-bond acceptors (Lipinski definition) is 2. The molecule has 0 fully saturated rings. The molecule has 2 aromatic rings. The number of hydrogen-bond donors (Lipinski definition) is 0. The van der Waals surface area contributed by atoms with Gasteiger partial charge in [0.25, 0.3) is 0 Å². The Balaban J connectivity index is 2.41. The number of alkyl halides is 1. The van der Waals surface area contributed by atoms with E-state index in [4.69, 9.17) is 11.6 Å².